The van der Waals surface area contributed by atoms with Crippen LogP contribution in [-0.4, -0.2) is 53.2 Å². The van der Waals surface area contributed by atoms with Gasteiger partial charge in [0.15, 0.2) is 17.7 Å². The number of nitrogens with zero attached hydrogens (tertiary/aromatic N) is 4. The number of phosphoric acid groups is 3. The smallest absolute Gasteiger partial charge is 0.478 e. The summed E-state index contributed by atoms with van der Waals surface area (Å²) in [7, 11) is -17.7. The van der Waals surface area contributed by atoms with E-state index in [0.29, 0.717) is 0 Å². The van der Waals surface area contributed by atoms with E-state index in [-0.39, 0.29) is 17.0 Å². The van der Waals surface area contributed by atoms with Crippen LogP contribution in [-0.2, 0) is 31.6 Å². The molecule has 3 rings (SSSR count). The Hall–Kier alpha value is -1.03. The van der Waals surface area contributed by atoms with E-state index in [2.05, 4.69) is 28.1 Å². The molecule has 3 heterocycles. The number of halogens is 1. The maximum absolute atomic E-state index is 11.8. The molecule has 0 radical (unpaired) electrons. The summed E-state index contributed by atoms with van der Waals surface area (Å²) in [6, 6.07) is 0. The van der Waals surface area contributed by atoms with E-state index in [1.165, 1.54) is 17.8 Å². The molecule has 0 aliphatic carbocycles. The van der Waals surface area contributed by atoms with Crippen molar-refractivity contribution in [3.05, 3.63) is 12.7 Å². The maximum Gasteiger partial charge on any atom is 0.478 e. The number of nitrogens with two attached hydrogens (primary N) is 1. The number of aromatic nitrogens is 4. The predicted octanol–water partition coefficient (Wildman–Crippen LogP) is -1.89. The highest BCUT2D eigenvalue weighted by Gasteiger charge is 2.54. The normalized spacial score (nSPS) is 30.3. The van der Waals surface area contributed by atoms with Crippen molar-refractivity contribution in [3.8, 4) is 0 Å². The minimum absolute atomic E-state index is 0.0618. The molecule has 0 aromatic carbocycles. The molecule has 32 heavy (non-hydrogen) atoms. The van der Waals surface area contributed by atoms with Crippen LogP contribution in [0.1, 0.15) is 13.2 Å². The Bertz CT molecular complexity index is 1150. The largest absolute Gasteiger partial charge is 0.790 e. The zero-order valence-electron chi connectivity index (χ0n) is 15.7. The van der Waals surface area contributed by atoms with Gasteiger partial charge in [-0.15, -0.1) is 11.6 Å². The highest BCUT2D eigenvalue weighted by atomic mass is 35.5. The number of rotatable bonds is 8. The Morgan fingerprint density at radius 2 is 1.94 bits per heavy atom. The number of anilines is 1. The summed E-state index contributed by atoms with van der Waals surface area (Å²) in [4.78, 5) is 51.7. The summed E-state index contributed by atoms with van der Waals surface area (Å²) >= 11 is 6.41. The summed E-state index contributed by atoms with van der Waals surface area (Å²) in [5, 5.41) is 10.5. The molecule has 2 aromatic heterocycles. The molecule has 4 N–H and O–H groups in total. The number of ether oxygens (including phenoxy) is 1. The Morgan fingerprint density at radius 3 is 2.56 bits per heavy atom. The van der Waals surface area contributed by atoms with Crippen molar-refractivity contribution in [2.24, 2.45) is 0 Å². The topological polar surface area (TPSA) is 267 Å². The van der Waals surface area contributed by atoms with Crippen molar-refractivity contribution in [3.63, 3.8) is 0 Å². The van der Waals surface area contributed by atoms with Crippen LogP contribution < -0.4 is 20.4 Å². The van der Waals surface area contributed by atoms with Crippen molar-refractivity contribution in [2.75, 3.05) is 12.3 Å². The Kier molecular flexibility index (Phi) is 6.91. The highest BCUT2D eigenvalue weighted by molar-refractivity contribution is 7.65. The van der Waals surface area contributed by atoms with Crippen LogP contribution in [0.15, 0.2) is 12.7 Å². The Morgan fingerprint density at radius 1 is 1.28 bits per heavy atom. The third kappa shape index (κ3) is 5.54. The second-order valence-corrected chi connectivity index (χ2v) is 11.6. The molecule has 180 valence electrons. The highest BCUT2D eigenvalue weighted by Crippen LogP contribution is 2.62. The molecule has 6 atom stereocenters. The molecule has 0 bridgehead atoms. The van der Waals surface area contributed by atoms with E-state index in [1.807, 2.05) is 0 Å². The number of phosphoric ester groups is 1. The SMILES string of the molecule is C[C@@]1(Cl)[C@H](O)[C@@H](COP(=O)(O)OP(=O)([O-])OP(=O)([O-])[O-])O[C@H]1n1cnc2c(N)ncnc21. The lowest BCUT2D eigenvalue weighted by Crippen LogP contribution is -2.39. The van der Waals surface area contributed by atoms with Crippen LogP contribution in [0.25, 0.3) is 11.2 Å². The van der Waals surface area contributed by atoms with Crippen LogP contribution in [0.5, 0.6) is 0 Å². The van der Waals surface area contributed by atoms with E-state index in [1.54, 1.807) is 0 Å². The summed E-state index contributed by atoms with van der Waals surface area (Å²) in [5.41, 5.74) is 6.13. The molecule has 1 fully saturated rings. The zero-order chi connectivity index (χ0) is 24.1. The molecular formula is C11H14ClN5O12P3-3. The van der Waals surface area contributed by atoms with Gasteiger partial charge in [0.25, 0.3) is 7.82 Å². The first-order chi connectivity index (χ1) is 14.5. The van der Waals surface area contributed by atoms with Crippen LogP contribution in [0.3, 0.4) is 0 Å². The van der Waals surface area contributed by atoms with Gasteiger partial charge in [0.2, 0.25) is 0 Å². The molecular weight excluding hydrogens is 523 g/mol. The van der Waals surface area contributed by atoms with Crippen LogP contribution in [0.2, 0.25) is 0 Å². The van der Waals surface area contributed by atoms with Crippen molar-refractivity contribution in [1.29, 1.82) is 0 Å². The molecule has 0 amide bonds. The number of aliphatic hydroxyl groups excluding tert-OH is 1. The van der Waals surface area contributed by atoms with E-state index in [0.717, 1.165) is 6.33 Å². The Balaban J connectivity index is 1.74. The fraction of sp³-hybridized carbons (Fsp3) is 0.545. The lowest BCUT2D eigenvalue weighted by atomic mass is 10.0. The van der Waals surface area contributed by atoms with Gasteiger partial charge in [-0.2, -0.15) is 0 Å². The molecule has 1 aliphatic rings. The van der Waals surface area contributed by atoms with Gasteiger partial charge in [0.1, 0.15) is 28.9 Å². The van der Waals surface area contributed by atoms with Gasteiger partial charge in [0, 0.05) is 0 Å². The van der Waals surface area contributed by atoms with E-state index < -0.39 is 53.4 Å². The monoisotopic (exact) mass is 536 g/mol. The van der Waals surface area contributed by atoms with Gasteiger partial charge < -0.3 is 39.7 Å². The first kappa shape index (κ1) is 25.6. The molecule has 2 aromatic rings. The van der Waals surface area contributed by atoms with E-state index in [4.69, 9.17) is 22.1 Å². The van der Waals surface area contributed by atoms with Gasteiger partial charge in [-0.1, -0.05) is 0 Å². The van der Waals surface area contributed by atoms with Gasteiger partial charge in [-0.3, -0.25) is 18.0 Å². The fourth-order valence-electron chi connectivity index (χ4n) is 2.85. The van der Waals surface area contributed by atoms with Gasteiger partial charge >= 0.3 is 7.82 Å². The second kappa shape index (κ2) is 8.64. The Labute approximate surface area is 183 Å². The first-order valence-corrected chi connectivity index (χ1v) is 13.0. The standard InChI is InChI=1S/C11H17ClN5O12P3/c1-11(12)7(18)5(2-26-31(22,23)29-32(24,25)28-30(19,20)21)27-10(11)17-4-16-6-8(13)14-3-15-9(6)17/h3-5,7,10,18H,2H2,1H3,(H,22,23)(H,24,25)(H2,13,14,15)(H2,19,20,21)/p-3/t5-,7-,10-,11-/m1/s1. The van der Waals surface area contributed by atoms with Crippen molar-refractivity contribution < 1.29 is 56.3 Å². The number of hydrogen-bond acceptors (Lipinski definition) is 15. The van der Waals surface area contributed by atoms with Gasteiger partial charge in [-0.05, 0) is 6.92 Å². The summed E-state index contributed by atoms with van der Waals surface area (Å²) in [6.07, 6.45) is -1.72. The molecule has 0 spiro atoms. The van der Waals surface area contributed by atoms with Gasteiger partial charge in [-0.25, -0.2) is 23.8 Å². The second-order valence-electron chi connectivity index (χ2n) is 6.53. The molecule has 17 nitrogen and oxygen atoms in total. The molecule has 1 aliphatic heterocycles. The van der Waals surface area contributed by atoms with E-state index >= 15 is 0 Å². The fourth-order valence-corrected chi connectivity index (χ4v) is 6.05. The minimum Gasteiger partial charge on any atom is -0.790 e. The number of hydrogen-bond donors (Lipinski definition) is 3. The average molecular weight is 537 g/mol. The predicted molar refractivity (Wildman–Crippen MR) is 97.1 cm³/mol. The minimum atomic E-state index is -6.10. The van der Waals surface area contributed by atoms with Crippen molar-refractivity contribution in [1.82, 2.24) is 19.5 Å². The lowest BCUT2D eigenvalue weighted by molar-refractivity contribution is -0.339. The van der Waals surface area contributed by atoms with E-state index in [9.17, 15) is 38.4 Å². The zero-order valence-corrected chi connectivity index (χ0v) is 19.1. The molecule has 0 saturated carbocycles. The van der Waals surface area contributed by atoms with Crippen LogP contribution >= 0.6 is 35.1 Å². The summed E-state index contributed by atoms with van der Waals surface area (Å²) in [6.45, 7) is 0.416. The average Bonchev–Trinajstić information content (AvgIpc) is 3.11. The third-order valence-corrected chi connectivity index (χ3v) is 8.27. The number of imidazole rings is 1. The number of nitrogen functional groups attached to an aromatic ring is 1. The van der Waals surface area contributed by atoms with Crippen molar-refractivity contribution in [2.45, 2.75) is 30.2 Å². The lowest BCUT2D eigenvalue weighted by Gasteiger charge is -2.35. The van der Waals surface area contributed by atoms with Crippen molar-refractivity contribution >= 4 is 52.1 Å². The molecule has 21 heteroatoms. The molecule has 2 unspecified atom stereocenters. The maximum atomic E-state index is 11.8. The van der Waals surface area contributed by atoms with Crippen LogP contribution in [0.4, 0.5) is 5.82 Å². The number of fused-ring (bicyclic) bond motifs is 1. The third-order valence-electron chi connectivity index (χ3n) is 4.16. The van der Waals surface area contributed by atoms with Gasteiger partial charge in [0.05, 0.1) is 20.8 Å². The van der Waals surface area contributed by atoms with Crippen LogP contribution in [0, 0.1) is 0 Å². The summed E-state index contributed by atoms with van der Waals surface area (Å²) in [5.74, 6) is 0.0618. The number of alkyl halides is 1. The first-order valence-electron chi connectivity index (χ1n) is 8.21. The quantitative estimate of drug-likeness (QED) is 0.246. The summed E-state index contributed by atoms with van der Waals surface area (Å²) < 4.78 is 51.4. The number of aliphatic hydroxyl groups is 1. The molecule has 1 saturated heterocycles.